The average molecular weight is 200 g/mol. The van der Waals surface area contributed by atoms with Crippen LogP contribution >= 0.6 is 0 Å². The standard InChI is InChI=1S/C10H16O4/c1-5-6-10(4,11)7-8(12-6)14-9(2,3)13-7/h5-8,11H,1H2,2-4H3/t6-,7+,8-,10-/m1/s1. The number of ether oxygens (including phenoxy) is 3. The van der Waals surface area contributed by atoms with Crippen molar-refractivity contribution < 1.29 is 19.3 Å². The summed E-state index contributed by atoms with van der Waals surface area (Å²) in [6.07, 6.45) is 0.190. The van der Waals surface area contributed by atoms with E-state index >= 15 is 0 Å². The monoisotopic (exact) mass is 200 g/mol. The first-order valence-electron chi connectivity index (χ1n) is 4.73. The molecule has 0 aromatic rings. The normalized spacial score (nSPS) is 50.4. The van der Waals surface area contributed by atoms with Crippen molar-refractivity contribution >= 4 is 0 Å². The summed E-state index contributed by atoms with van der Waals surface area (Å²) in [4.78, 5) is 0. The van der Waals surface area contributed by atoms with Gasteiger partial charge in [0, 0.05) is 0 Å². The maximum atomic E-state index is 10.2. The number of aliphatic hydroxyl groups is 1. The van der Waals surface area contributed by atoms with E-state index in [-0.39, 0.29) is 0 Å². The molecule has 0 aliphatic carbocycles. The van der Waals surface area contributed by atoms with Gasteiger partial charge in [-0.1, -0.05) is 6.08 Å². The third-order valence-electron chi connectivity index (χ3n) is 2.70. The van der Waals surface area contributed by atoms with Crippen LogP contribution in [0, 0.1) is 0 Å². The van der Waals surface area contributed by atoms with Crippen LogP contribution in [0.1, 0.15) is 20.8 Å². The van der Waals surface area contributed by atoms with Crippen LogP contribution < -0.4 is 0 Å². The molecule has 0 bridgehead atoms. The molecule has 2 aliphatic rings. The lowest BCUT2D eigenvalue weighted by Crippen LogP contribution is -2.45. The summed E-state index contributed by atoms with van der Waals surface area (Å²) in [6, 6.07) is 0. The van der Waals surface area contributed by atoms with Gasteiger partial charge in [0.1, 0.15) is 17.8 Å². The molecule has 2 heterocycles. The van der Waals surface area contributed by atoms with Crippen molar-refractivity contribution in [3.05, 3.63) is 12.7 Å². The molecule has 0 aromatic carbocycles. The van der Waals surface area contributed by atoms with Crippen molar-refractivity contribution in [2.75, 3.05) is 0 Å². The average Bonchev–Trinajstić information content (AvgIpc) is 2.45. The van der Waals surface area contributed by atoms with Gasteiger partial charge in [-0.05, 0) is 20.8 Å². The van der Waals surface area contributed by atoms with Crippen LogP contribution in [0.4, 0.5) is 0 Å². The quantitative estimate of drug-likeness (QED) is 0.636. The predicted octanol–water partition coefficient (Wildman–Crippen LogP) is 0.800. The van der Waals surface area contributed by atoms with E-state index < -0.39 is 29.9 Å². The summed E-state index contributed by atoms with van der Waals surface area (Å²) < 4.78 is 16.5. The number of hydrogen-bond acceptors (Lipinski definition) is 4. The van der Waals surface area contributed by atoms with E-state index in [9.17, 15) is 5.11 Å². The third-order valence-corrected chi connectivity index (χ3v) is 2.70. The molecule has 4 nitrogen and oxygen atoms in total. The minimum Gasteiger partial charge on any atom is -0.384 e. The largest absolute Gasteiger partial charge is 0.384 e. The Labute approximate surface area is 83.5 Å². The van der Waals surface area contributed by atoms with E-state index in [1.165, 1.54) is 0 Å². The summed E-state index contributed by atoms with van der Waals surface area (Å²) in [7, 11) is 0. The van der Waals surface area contributed by atoms with Crippen molar-refractivity contribution in [3.63, 3.8) is 0 Å². The molecule has 4 atom stereocenters. The lowest BCUT2D eigenvalue weighted by molar-refractivity contribution is -0.220. The van der Waals surface area contributed by atoms with Crippen molar-refractivity contribution in [1.82, 2.24) is 0 Å². The Morgan fingerprint density at radius 1 is 1.29 bits per heavy atom. The van der Waals surface area contributed by atoms with Crippen LogP contribution in [0.15, 0.2) is 12.7 Å². The first-order chi connectivity index (χ1) is 6.37. The molecule has 0 aromatic heterocycles. The zero-order valence-electron chi connectivity index (χ0n) is 8.69. The summed E-state index contributed by atoms with van der Waals surface area (Å²) in [5.74, 6) is -0.689. The molecule has 14 heavy (non-hydrogen) atoms. The summed E-state index contributed by atoms with van der Waals surface area (Å²) >= 11 is 0. The van der Waals surface area contributed by atoms with Gasteiger partial charge in [-0.15, -0.1) is 6.58 Å². The van der Waals surface area contributed by atoms with E-state index in [0.29, 0.717) is 0 Å². The fraction of sp³-hybridized carbons (Fsp3) is 0.800. The van der Waals surface area contributed by atoms with Crippen molar-refractivity contribution in [2.45, 2.75) is 50.7 Å². The zero-order chi connectivity index (χ0) is 10.6. The highest BCUT2D eigenvalue weighted by Crippen LogP contribution is 2.42. The Hall–Kier alpha value is -0.420. The summed E-state index contributed by atoms with van der Waals surface area (Å²) in [5.41, 5.74) is -1.07. The molecular weight excluding hydrogens is 184 g/mol. The van der Waals surface area contributed by atoms with E-state index in [2.05, 4.69) is 6.58 Å². The molecule has 2 fully saturated rings. The van der Waals surface area contributed by atoms with Gasteiger partial charge in [0.05, 0.1) is 0 Å². The topological polar surface area (TPSA) is 47.9 Å². The first kappa shape index (κ1) is 10.1. The van der Waals surface area contributed by atoms with Gasteiger partial charge < -0.3 is 19.3 Å². The molecule has 2 saturated heterocycles. The van der Waals surface area contributed by atoms with Gasteiger partial charge in [-0.3, -0.25) is 0 Å². The Morgan fingerprint density at radius 3 is 2.43 bits per heavy atom. The minimum absolute atomic E-state index is 0.436. The minimum atomic E-state index is -1.07. The summed E-state index contributed by atoms with van der Waals surface area (Å²) in [6.45, 7) is 8.88. The van der Waals surface area contributed by atoms with Crippen LogP contribution in [0.25, 0.3) is 0 Å². The summed E-state index contributed by atoms with van der Waals surface area (Å²) in [5, 5.41) is 10.2. The molecule has 0 amide bonds. The molecule has 0 unspecified atom stereocenters. The Bertz CT molecular complexity index is 259. The highest BCUT2D eigenvalue weighted by Gasteiger charge is 2.59. The second kappa shape index (κ2) is 2.79. The van der Waals surface area contributed by atoms with Gasteiger partial charge in [-0.25, -0.2) is 0 Å². The number of hydrogen-bond donors (Lipinski definition) is 1. The molecule has 0 spiro atoms. The van der Waals surface area contributed by atoms with Gasteiger partial charge in [0.25, 0.3) is 0 Å². The molecule has 2 aliphatic heterocycles. The maximum Gasteiger partial charge on any atom is 0.190 e. The zero-order valence-corrected chi connectivity index (χ0v) is 8.69. The second-order valence-electron chi connectivity index (χ2n) is 4.44. The molecule has 1 N–H and O–H groups in total. The molecule has 2 rings (SSSR count). The molecule has 4 heteroatoms. The predicted molar refractivity (Wildman–Crippen MR) is 49.5 cm³/mol. The third kappa shape index (κ3) is 1.30. The van der Waals surface area contributed by atoms with E-state index in [1.54, 1.807) is 26.8 Å². The van der Waals surface area contributed by atoms with Gasteiger partial charge >= 0.3 is 0 Å². The van der Waals surface area contributed by atoms with Gasteiger partial charge in [0.15, 0.2) is 12.1 Å². The molecule has 80 valence electrons. The number of rotatable bonds is 1. The van der Waals surface area contributed by atoms with Crippen LogP contribution in [0.3, 0.4) is 0 Å². The number of fused-ring (bicyclic) bond motifs is 1. The highest BCUT2D eigenvalue weighted by atomic mass is 16.8. The second-order valence-corrected chi connectivity index (χ2v) is 4.44. The smallest absolute Gasteiger partial charge is 0.190 e. The van der Waals surface area contributed by atoms with Crippen LogP contribution in [-0.4, -0.2) is 35.0 Å². The highest BCUT2D eigenvalue weighted by molar-refractivity contribution is 5.08. The van der Waals surface area contributed by atoms with E-state index in [0.717, 1.165) is 0 Å². The Balaban J connectivity index is 2.22. The molecule has 0 saturated carbocycles. The van der Waals surface area contributed by atoms with Crippen molar-refractivity contribution in [1.29, 1.82) is 0 Å². The van der Waals surface area contributed by atoms with Gasteiger partial charge in [0.2, 0.25) is 0 Å². The van der Waals surface area contributed by atoms with E-state index in [4.69, 9.17) is 14.2 Å². The Kier molecular flexibility index (Phi) is 2.02. The maximum absolute atomic E-state index is 10.2. The fourth-order valence-corrected chi connectivity index (χ4v) is 1.96. The lowest BCUT2D eigenvalue weighted by atomic mass is 9.95. The lowest BCUT2D eigenvalue weighted by Gasteiger charge is -2.28. The fourth-order valence-electron chi connectivity index (χ4n) is 1.96. The van der Waals surface area contributed by atoms with Crippen molar-refractivity contribution in [3.8, 4) is 0 Å². The van der Waals surface area contributed by atoms with Crippen molar-refractivity contribution in [2.24, 2.45) is 0 Å². The first-order valence-corrected chi connectivity index (χ1v) is 4.73. The van der Waals surface area contributed by atoms with Crippen LogP contribution in [0.2, 0.25) is 0 Å². The van der Waals surface area contributed by atoms with E-state index in [1.807, 2.05) is 0 Å². The SMILES string of the molecule is C=C[C@H]1O[C@@H]2OC(C)(C)O[C@@H]2[C@]1(C)O. The molecule has 0 radical (unpaired) electrons. The van der Waals surface area contributed by atoms with Gasteiger partial charge in [-0.2, -0.15) is 0 Å². The van der Waals surface area contributed by atoms with Crippen LogP contribution in [0.5, 0.6) is 0 Å². The molecular formula is C10H16O4. The van der Waals surface area contributed by atoms with Crippen LogP contribution in [-0.2, 0) is 14.2 Å². The Morgan fingerprint density at radius 2 is 1.93 bits per heavy atom.